The SMILES string of the molecule is COc1ccc(/C=C2/CCCNC2c2cccnc2)cc1. The van der Waals surface area contributed by atoms with Crippen LogP contribution in [0.25, 0.3) is 6.08 Å². The molecule has 1 aliphatic rings. The van der Waals surface area contributed by atoms with Crippen LogP contribution in [-0.2, 0) is 0 Å². The van der Waals surface area contributed by atoms with Gasteiger partial charge < -0.3 is 10.1 Å². The van der Waals surface area contributed by atoms with Crippen molar-refractivity contribution in [1.29, 1.82) is 0 Å². The fourth-order valence-electron chi connectivity index (χ4n) is 2.76. The number of methoxy groups -OCH3 is 1. The number of nitrogens with zero attached hydrogens (tertiary/aromatic N) is 1. The van der Waals surface area contributed by atoms with Gasteiger partial charge in [0.15, 0.2) is 0 Å². The molecule has 2 heterocycles. The van der Waals surface area contributed by atoms with Crippen LogP contribution in [0.1, 0.15) is 30.0 Å². The molecule has 3 rings (SSSR count). The molecule has 21 heavy (non-hydrogen) atoms. The first-order chi connectivity index (χ1) is 10.4. The van der Waals surface area contributed by atoms with Gasteiger partial charge >= 0.3 is 0 Å². The summed E-state index contributed by atoms with van der Waals surface area (Å²) in [6.45, 7) is 1.06. The van der Waals surface area contributed by atoms with E-state index >= 15 is 0 Å². The number of ether oxygens (including phenoxy) is 1. The van der Waals surface area contributed by atoms with E-state index in [-0.39, 0.29) is 6.04 Å². The Balaban J connectivity index is 1.88. The summed E-state index contributed by atoms with van der Waals surface area (Å²) in [7, 11) is 1.69. The smallest absolute Gasteiger partial charge is 0.118 e. The molecule has 1 unspecified atom stereocenters. The highest BCUT2D eigenvalue weighted by Crippen LogP contribution is 2.30. The zero-order valence-corrected chi connectivity index (χ0v) is 12.3. The molecular weight excluding hydrogens is 260 g/mol. The maximum Gasteiger partial charge on any atom is 0.118 e. The van der Waals surface area contributed by atoms with Crippen molar-refractivity contribution in [2.75, 3.05) is 13.7 Å². The summed E-state index contributed by atoms with van der Waals surface area (Å²) in [6.07, 6.45) is 8.35. The van der Waals surface area contributed by atoms with Gasteiger partial charge in [0.05, 0.1) is 13.2 Å². The van der Waals surface area contributed by atoms with Crippen molar-refractivity contribution in [2.24, 2.45) is 0 Å². The van der Waals surface area contributed by atoms with E-state index in [1.54, 1.807) is 7.11 Å². The molecule has 1 aliphatic heterocycles. The quantitative estimate of drug-likeness (QED) is 0.932. The molecule has 1 fully saturated rings. The summed E-state index contributed by atoms with van der Waals surface area (Å²) in [5, 5.41) is 3.60. The van der Waals surface area contributed by atoms with Crippen LogP contribution in [0.5, 0.6) is 5.75 Å². The fourth-order valence-corrected chi connectivity index (χ4v) is 2.76. The van der Waals surface area contributed by atoms with Crippen LogP contribution in [0.4, 0.5) is 0 Å². The lowest BCUT2D eigenvalue weighted by Gasteiger charge is -2.27. The number of aromatic nitrogens is 1. The minimum Gasteiger partial charge on any atom is -0.497 e. The van der Waals surface area contributed by atoms with Crippen LogP contribution >= 0.6 is 0 Å². The lowest BCUT2D eigenvalue weighted by Crippen LogP contribution is -2.28. The van der Waals surface area contributed by atoms with E-state index < -0.39 is 0 Å². The second kappa shape index (κ2) is 6.55. The number of rotatable bonds is 3. The molecular formula is C18H20N2O. The minimum atomic E-state index is 0.273. The van der Waals surface area contributed by atoms with Crippen molar-refractivity contribution >= 4 is 6.08 Å². The summed E-state index contributed by atoms with van der Waals surface area (Å²) in [6, 6.07) is 12.6. The second-order valence-corrected chi connectivity index (χ2v) is 5.27. The van der Waals surface area contributed by atoms with Gasteiger partial charge in [0.1, 0.15) is 5.75 Å². The van der Waals surface area contributed by atoms with Gasteiger partial charge in [0.25, 0.3) is 0 Å². The number of nitrogens with one attached hydrogen (secondary N) is 1. The van der Waals surface area contributed by atoms with Crippen molar-refractivity contribution in [1.82, 2.24) is 10.3 Å². The van der Waals surface area contributed by atoms with E-state index in [1.807, 2.05) is 30.6 Å². The van der Waals surface area contributed by atoms with Gasteiger partial charge in [-0.05, 0) is 54.3 Å². The molecule has 0 radical (unpaired) electrons. The molecule has 0 aliphatic carbocycles. The summed E-state index contributed by atoms with van der Waals surface area (Å²) in [4.78, 5) is 4.24. The number of piperidine rings is 1. The fraction of sp³-hybridized carbons (Fsp3) is 0.278. The first-order valence-corrected chi connectivity index (χ1v) is 7.34. The predicted octanol–water partition coefficient (Wildman–Crippen LogP) is 3.60. The maximum atomic E-state index is 5.21. The van der Waals surface area contributed by atoms with E-state index in [2.05, 4.69) is 34.6 Å². The Labute approximate surface area is 125 Å². The third-order valence-corrected chi connectivity index (χ3v) is 3.85. The predicted molar refractivity (Wildman–Crippen MR) is 85.2 cm³/mol. The van der Waals surface area contributed by atoms with Crippen LogP contribution in [0, 0.1) is 0 Å². The van der Waals surface area contributed by atoms with E-state index in [0.717, 1.165) is 18.7 Å². The first kappa shape index (κ1) is 13.8. The number of pyridine rings is 1. The van der Waals surface area contributed by atoms with E-state index in [9.17, 15) is 0 Å². The van der Waals surface area contributed by atoms with Gasteiger partial charge in [-0.15, -0.1) is 0 Å². The topological polar surface area (TPSA) is 34.1 Å². The van der Waals surface area contributed by atoms with Crippen LogP contribution in [0.3, 0.4) is 0 Å². The van der Waals surface area contributed by atoms with Gasteiger partial charge in [0.2, 0.25) is 0 Å². The summed E-state index contributed by atoms with van der Waals surface area (Å²) in [5.41, 5.74) is 3.86. The lowest BCUT2D eigenvalue weighted by atomic mass is 9.91. The molecule has 1 aromatic heterocycles. The van der Waals surface area contributed by atoms with Crippen molar-refractivity contribution < 1.29 is 4.74 Å². The van der Waals surface area contributed by atoms with Gasteiger partial charge in [0, 0.05) is 12.4 Å². The minimum absolute atomic E-state index is 0.273. The van der Waals surface area contributed by atoms with Gasteiger partial charge in [-0.2, -0.15) is 0 Å². The highest BCUT2D eigenvalue weighted by molar-refractivity contribution is 5.56. The van der Waals surface area contributed by atoms with Crippen molar-refractivity contribution in [3.05, 3.63) is 65.5 Å². The number of benzene rings is 1. The molecule has 3 heteroatoms. The van der Waals surface area contributed by atoms with Gasteiger partial charge in [-0.25, -0.2) is 0 Å². The molecule has 2 aromatic rings. The standard InChI is InChI=1S/C18H20N2O/c1-21-17-8-6-14(7-9-17)12-15-4-3-11-20-18(15)16-5-2-10-19-13-16/h2,5-10,12-13,18,20H,3-4,11H2,1H3/b15-12-. The molecule has 0 spiro atoms. The third kappa shape index (κ3) is 3.31. The van der Waals surface area contributed by atoms with E-state index in [0.29, 0.717) is 0 Å². The largest absolute Gasteiger partial charge is 0.497 e. The maximum absolute atomic E-state index is 5.21. The van der Waals surface area contributed by atoms with Crippen LogP contribution < -0.4 is 10.1 Å². The molecule has 1 saturated heterocycles. The molecule has 3 nitrogen and oxygen atoms in total. The van der Waals surface area contributed by atoms with Crippen molar-refractivity contribution in [3.63, 3.8) is 0 Å². The Morgan fingerprint density at radius 1 is 1.24 bits per heavy atom. The Kier molecular flexibility index (Phi) is 4.31. The Bertz CT molecular complexity index is 605. The van der Waals surface area contributed by atoms with Crippen LogP contribution in [-0.4, -0.2) is 18.6 Å². The van der Waals surface area contributed by atoms with Crippen LogP contribution in [0.2, 0.25) is 0 Å². The summed E-state index contributed by atoms with van der Waals surface area (Å²) in [5.74, 6) is 0.891. The highest BCUT2D eigenvalue weighted by atomic mass is 16.5. The third-order valence-electron chi connectivity index (χ3n) is 3.85. The molecule has 0 saturated carbocycles. The molecule has 108 valence electrons. The zero-order chi connectivity index (χ0) is 14.5. The molecule has 1 atom stereocenters. The first-order valence-electron chi connectivity index (χ1n) is 7.34. The highest BCUT2D eigenvalue weighted by Gasteiger charge is 2.19. The average Bonchev–Trinajstić information content (AvgIpc) is 2.57. The Hall–Kier alpha value is -2.13. The van der Waals surface area contributed by atoms with E-state index in [4.69, 9.17) is 4.74 Å². The number of hydrogen-bond donors (Lipinski definition) is 1. The Morgan fingerprint density at radius 2 is 2.10 bits per heavy atom. The second-order valence-electron chi connectivity index (χ2n) is 5.27. The molecule has 1 aromatic carbocycles. The molecule has 1 N–H and O–H groups in total. The molecule has 0 amide bonds. The summed E-state index contributed by atoms with van der Waals surface area (Å²) < 4.78 is 5.21. The average molecular weight is 280 g/mol. The van der Waals surface area contributed by atoms with Gasteiger partial charge in [-0.3, -0.25) is 4.98 Å². The van der Waals surface area contributed by atoms with Crippen molar-refractivity contribution in [2.45, 2.75) is 18.9 Å². The zero-order valence-electron chi connectivity index (χ0n) is 12.3. The normalized spacial score (nSPS) is 20.4. The van der Waals surface area contributed by atoms with Crippen LogP contribution in [0.15, 0.2) is 54.4 Å². The molecule has 0 bridgehead atoms. The Morgan fingerprint density at radius 3 is 2.81 bits per heavy atom. The lowest BCUT2D eigenvalue weighted by molar-refractivity contribution is 0.415. The monoisotopic (exact) mass is 280 g/mol. The number of hydrogen-bond acceptors (Lipinski definition) is 3. The van der Waals surface area contributed by atoms with Crippen molar-refractivity contribution in [3.8, 4) is 5.75 Å². The van der Waals surface area contributed by atoms with E-state index in [1.165, 1.54) is 23.1 Å². The summed E-state index contributed by atoms with van der Waals surface area (Å²) >= 11 is 0. The van der Waals surface area contributed by atoms with Gasteiger partial charge in [-0.1, -0.05) is 24.3 Å².